The molecule has 0 spiro atoms. The molecule has 0 amide bonds. The lowest BCUT2D eigenvalue weighted by molar-refractivity contribution is 0.419. The topological polar surface area (TPSA) is 47.0 Å². The molecular weight excluding hydrogens is 264 g/mol. The minimum atomic E-state index is -0.646. The first-order chi connectivity index (χ1) is 9.70. The third kappa shape index (κ3) is 3.27. The van der Waals surface area contributed by atoms with Gasteiger partial charge in [-0.1, -0.05) is 0 Å². The molecule has 1 fully saturated rings. The van der Waals surface area contributed by atoms with Crippen LogP contribution in [0.15, 0.2) is 30.6 Å². The van der Waals surface area contributed by atoms with Crippen molar-refractivity contribution in [1.82, 2.24) is 15.3 Å². The van der Waals surface area contributed by atoms with Gasteiger partial charge in [-0.2, -0.15) is 0 Å². The molecule has 1 heterocycles. The van der Waals surface area contributed by atoms with Crippen molar-refractivity contribution in [2.45, 2.75) is 25.4 Å². The van der Waals surface area contributed by atoms with Crippen LogP contribution < -0.4 is 10.1 Å². The predicted octanol–water partition coefficient (Wildman–Crippen LogP) is 2.80. The minimum Gasteiger partial charge on any atom is -0.434 e. The highest BCUT2D eigenvalue weighted by Crippen LogP contribution is 2.23. The molecule has 1 N–H and O–H groups in total. The van der Waals surface area contributed by atoms with E-state index in [1.54, 1.807) is 6.20 Å². The van der Waals surface area contributed by atoms with E-state index in [-0.39, 0.29) is 11.6 Å². The maximum Gasteiger partial charge on any atom is 0.237 e. The fourth-order valence-corrected chi connectivity index (χ4v) is 1.69. The Morgan fingerprint density at radius 1 is 1.20 bits per heavy atom. The fourth-order valence-electron chi connectivity index (χ4n) is 1.69. The number of rotatable bonds is 5. The first-order valence-electron chi connectivity index (χ1n) is 6.38. The maximum absolute atomic E-state index is 13.4. The first-order valence-corrected chi connectivity index (χ1v) is 6.38. The fraction of sp³-hybridized carbons (Fsp3) is 0.286. The van der Waals surface area contributed by atoms with Gasteiger partial charge in [-0.05, 0) is 25.0 Å². The number of halogens is 2. The SMILES string of the molecule is Fc1ccc(F)c(Oc2cnc(CNC3CC3)cn2)c1. The van der Waals surface area contributed by atoms with E-state index in [4.69, 9.17) is 4.74 Å². The van der Waals surface area contributed by atoms with Gasteiger partial charge < -0.3 is 10.1 Å². The molecule has 1 aromatic heterocycles. The second-order valence-electron chi connectivity index (χ2n) is 4.68. The van der Waals surface area contributed by atoms with E-state index in [2.05, 4.69) is 15.3 Å². The Morgan fingerprint density at radius 2 is 2.05 bits per heavy atom. The largest absolute Gasteiger partial charge is 0.434 e. The Bertz CT molecular complexity index is 600. The van der Waals surface area contributed by atoms with E-state index in [0.717, 1.165) is 23.9 Å². The van der Waals surface area contributed by atoms with Gasteiger partial charge in [0, 0.05) is 18.7 Å². The van der Waals surface area contributed by atoms with E-state index in [9.17, 15) is 8.78 Å². The second-order valence-corrected chi connectivity index (χ2v) is 4.68. The number of aromatic nitrogens is 2. The highest BCUT2D eigenvalue weighted by Gasteiger charge is 2.20. The van der Waals surface area contributed by atoms with Gasteiger partial charge in [0.1, 0.15) is 5.82 Å². The van der Waals surface area contributed by atoms with Gasteiger partial charge in [0.25, 0.3) is 0 Å². The molecule has 1 aliphatic carbocycles. The molecule has 1 aliphatic rings. The maximum atomic E-state index is 13.4. The van der Waals surface area contributed by atoms with Crippen molar-refractivity contribution < 1.29 is 13.5 Å². The molecule has 1 saturated carbocycles. The Balaban J connectivity index is 1.66. The number of nitrogens with one attached hydrogen (secondary N) is 1. The zero-order valence-corrected chi connectivity index (χ0v) is 10.6. The van der Waals surface area contributed by atoms with Crippen molar-refractivity contribution in [3.63, 3.8) is 0 Å². The second kappa shape index (κ2) is 5.50. The lowest BCUT2D eigenvalue weighted by Gasteiger charge is -2.06. The number of ether oxygens (including phenoxy) is 1. The zero-order chi connectivity index (χ0) is 13.9. The molecule has 0 saturated heterocycles. The van der Waals surface area contributed by atoms with Gasteiger partial charge in [-0.15, -0.1) is 0 Å². The van der Waals surface area contributed by atoms with Crippen molar-refractivity contribution in [1.29, 1.82) is 0 Å². The van der Waals surface area contributed by atoms with Crippen LogP contribution in [0.5, 0.6) is 11.6 Å². The molecule has 20 heavy (non-hydrogen) atoms. The van der Waals surface area contributed by atoms with Crippen molar-refractivity contribution in [2.75, 3.05) is 0 Å². The molecule has 6 heteroatoms. The number of hydrogen-bond donors (Lipinski definition) is 1. The predicted molar refractivity (Wildman–Crippen MR) is 68.3 cm³/mol. The van der Waals surface area contributed by atoms with Gasteiger partial charge in [0.15, 0.2) is 11.6 Å². The number of nitrogens with zero attached hydrogens (tertiary/aromatic N) is 2. The smallest absolute Gasteiger partial charge is 0.237 e. The quantitative estimate of drug-likeness (QED) is 0.913. The summed E-state index contributed by atoms with van der Waals surface area (Å²) in [4.78, 5) is 8.19. The third-order valence-electron chi connectivity index (χ3n) is 2.94. The van der Waals surface area contributed by atoms with Crippen LogP contribution in [0, 0.1) is 11.6 Å². The molecule has 4 nitrogen and oxygen atoms in total. The summed E-state index contributed by atoms with van der Waals surface area (Å²) in [5.74, 6) is -1.29. The monoisotopic (exact) mass is 277 g/mol. The standard InChI is InChI=1S/C14H13F2N3O/c15-9-1-4-12(16)13(5-9)20-14-8-18-11(7-19-14)6-17-10-2-3-10/h1,4-5,7-8,10,17H,2-3,6H2. The summed E-state index contributed by atoms with van der Waals surface area (Å²) in [5, 5.41) is 3.31. The minimum absolute atomic E-state index is 0.129. The summed E-state index contributed by atoms with van der Waals surface area (Å²) in [5.41, 5.74) is 0.781. The van der Waals surface area contributed by atoms with Crippen LogP contribution in [-0.2, 0) is 6.54 Å². The molecule has 0 radical (unpaired) electrons. The summed E-state index contributed by atoms with van der Waals surface area (Å²) in [7, 11) is 0. The van der Waals surface area contributed by atoms with Crippen molar-refractivity contribution >= 4 is 0 Å². The van der Waals surface area contributed by atoms with Crippen LogP contribution in [0.1, 0.15) is 18.5 Å². The van der Waals surface area contributed by atoms with Gasteiger partial charge in [0.2, 0.25) is 5.88 Å². The van der Waals surface area contributed by atoms with E-state index in [1.807, 2.05) is 0 Å². The van der Waals surface area contributed by atoms with Gasteiger partial charge in [-0.3, -0.25) is 4.98 Å². The Morgan fingerprint density at radius 3 is 2.75 bits per heavy atom. The molecule has 104 valence electrons. The van der Waals surface area contributed by atoms with E-state index in [1.165, 1.54) is 19.0 Å². The number of hydrogen-bond acceptors (Lipinski definition) is 4. The van der Waals surface area contributed by atoms with Crippen molar-refractivity contribution in [3.8, 4) is 11.6 Å². The summed E-state index contributed by atoms with van der Waals surface area (Å²) >= 11 is 0. The highest BCUT2D eigenvalue weighted by molar-refractivity contribution is 5.28. The summed E-state index contributed by atoms with van der Waals surface area (Å²) in [6.45, 7) is 0.645. The molecule has 0 aliphatic heterocycles. The van der Waals surface area contributed by atoms with Gasteiger partial charge >= 0.3 is 0 Å². The molecular formula is C14H13F2N3O. The van der Waals surface area contributed by atoms with Crippen molar-refractivity contribution in [3.05, 3.63) is 47.9 Å². The lowest BCUT2D eigenvalue weighted by atomic mass is 10.3. The van der Waals surface area contributed by atoms with Crippen LogP contribution in [0.2, 0.25) is 0 Å². The summed E-state index contributed by atoms with van der Waals surface area (Å²) < 4.78 is 31.6. The highest BCUT2D eigenvalue weighted by atomic mass is 19.1. The summed E-state index contributed by atoms with van der Waals surface area (Å²) in [6.07, 6.45) is 5.36. The Kier molecular flexibility index (Phi) is 3.56. The van der Waals surface area contributed by atoms with E-state index < -0.39 is 11.6 Å². The van der Waals surface area contributed by atoms with Gasteiger partial charge in [0.05, 0.1) is 18.1 Å². The molecule has 3 rings (SSSR count). The average Bonchev–Trinajstić information content (AvgIpc) is 3.26. The third-order valence-corrected chi connectivity index (χ3v) is 2.94. The van der Waals surface area contributed by atoms with Crippen LogP contribution in [0.3, 0.4) is 0 Å². The molecule has 0 bridgehead atoms. The molecule has 2 aromatic rings. The summed E-state index contributed by atoms with van der Waals surface area (Å²) in [6, 6.07) is 3.60. The van der Waals surface area contributed by atoms with Crippen LogP contribution in [0.25, 0.3) is 0 Å². The zero-order valence-electron chi connectivity index (χ0n) is 10.6. The van der Waals surface area contributed by atoms with Crippen LogP contribution >= 0.6 is 0 Å². The van der Waals surface area contributed by atoms with E-state index >= 15 is 0 Å². The van der Waals surface area contributed by atoms with Crippen LogP contribution in [0.4, 0.5) is 8.78 Å². The lowest BCUT2D eigenvalue weighted by Crippen LogP contribution is -2.16. The Labute approximate surface area is 114 Å². The molecule has 1 aromatic carbocycles. The first kappa shape index (κ1) is 12.9. The van der Waals surface area contributed by atoms with Crippen molar-refractivity contribution in [2.24, 2.45) is 0 Å². The van der Waals surface area contributed by atoms with E-state index in [0.29, 0.717) is 12.6 Å². The van der Waals surface area contributed by atoms with Crippen LogP contribution in [-0.4, -0.2) is 16.0 Å². The molecule has 0 unspecified atom stereocenters. The average molecular weight is 277 g/mol. The number of benzene rings is 1. The molecule has 0 atom stereocenters. The Hall–Kier alpha value is -2.08. The normalized spacial score (nSPS) is 14.3. The van der Waals surface area contributed by atoms with Gasteiger partial charge in [-0.25, -0.2) is 13.8 Å².